The van der Waals surface area contributed by atoms with Crippen LogP contribution in [0.2, 0.25) is 0 Å². The monoisotopic (exact) mass is 419 g/mol. The third-order valence-corrected chi connectivity index (χ3v) is 6.64. The molecule has 162 valence electrons. The summed E-state index contributed by atoms with van der Waals surface area (Å²) in [5, 5.41) is 5.14. The fourth-order valence-corrected chi connectivity index (χ4v) is 4.64. The number of aromatic nitrogens is 3. The zero-order valence-electron chi connectivity index (χ0n) is 18.4. The predicted molar refractivity (Wildman–Crippen MR) is 121 cm³/mol. The molecule has 2 saturated heterocycles. The molecule has 2 aliphatic heterocycles. The molecule has 7 heteroatoms. The summed E-state index contributed by atoms with van der Waals surface area (Å²) in [5.41, 5.74) is 2.41. The number of hydrogen-bond acceptors (Lipinski definition) is 5. The summed E-state index contributed by atoms with van der Waals surface area (Å²) in [7, 11) is 2.02. The number of aryl methyl sites for hydroxylation is 1. The first-order valence-corrected chi connectivity index (χ1v) is 10.9. The maximum atomic E-state index is 12.9. The van der Waals surface area contributed by atoms with E-state index >= 15 is 0 Å². The Morgan fingerprint density at radius 1 is 1.23 bits per heavy atom. The third kappa shape index (κ3) is 3.95. The van der Waals surface area contributed by atoms with Crippen molar-refractivity contribution in [3.8, 4) is 11.3 Å². The van der Waals surface area contributed by atoms with Crippen molar-refractivity contribution < 1.29 is 9.53 Å². The van der Waals surface area contributed by atoms with Crippen molar-refractivity contribution in [3.63, 3.8) is 0 Å². The van der Waals surface area contributed by atoms with E-state index in [2.05, 4.69) is 49.9 Å². The van der Waals surface area contributed by atoms with E-state index in [0.717, 1.165) is 67.1 Å². The number of amides is 1. The van der Waals surface area contributed by atoms with E-state index in [9.17, 15) is 4.79 Å². The molecule has 1 amide bonds. The normalized spacial score (nSPS) is 20.7. The van der Waals surface area contributed by atoms with E-state index in [1.807, 2.05) is 32.4 Å². The highest BCUT2D eigenvalue weighted by Crippen LogP contribution is 2.30. The van der Waals surface area contributed by atoms with Crippen LogP contribution in [-0.2, 0) is 16.6 Å². The number of nitrogens with one attached hydrogen (secondary N) is 1. The molecule has 1 unspecified atom stereocenters. The van der Waals surface area contributed by atoms with Gasteiger partial charge in [-0.3, -0.25) is 4.79 Å². The predicted octanol–water partition coefficient (Wildman–Crippen LogP) is 3.24. The maximum absolute atomic E-state index is 12.9. The molecule has 7 nitrogen and oxygen atoms in total. The molecule has 0 aliphatic carbocycles. The first-order valence-electron chi connectivity index (χ1n) is 10.9. The highest BCUT2D eigenvalue weighted by Gasteiger charge is 2.38. The number of nitrogens with zero attached hydrogens (tertiary/aromatic N) is 4. The minimum atomic E-state index is 0.00541. The number of benzene rings is 1. The molecule has 2 fully saturated rings. The van der Waals surface area contributed by atoms with Crippen LogP contribution >= 0.6 is 0 Å². The van der Waals surface area contributed by atoms with Gasteiger partial charge in [-0.15, -0.1) is 0 Å². The van der Waals surface area contributed by atoms with Gasteiger partial charge in [-0.2, -0.15) is 0 Å². The minimum absolute atomic E-state index is 0.00541. The Labute approximate surface area is 182 Å². The topological polar surface area (TPSA) is 72.3 Å². The summed E-state index contributed by atoms with van der Waals surface area (Å²) >= 11 is 0. The van der Waals surface area contributed by atoms with Gasteiger partial charge >= 0.3 is 0 Å². The number of imidazole rings is 1. The molecule has 4 heterocycles. The van der Waals surface area contributed by atoms with E-state index < -0.39 is 0 Å². The second kappa shape index (κ2) is 7.73. The lowest BCUT2D eigenvalue weighted by Crippen LogP contribution is -2.48. The van der Waals surface area contributed by atoms with Gasteiger partial charge in [0.25, 0.3) is 0 Å². The second-order valence-corrected chi connectivity index (χ2v) is 9.39. The van der Waals surface area contributed by atoms with Crippen molar-refractivity contribution >= 4 is 22.5 Å². The van der Waals surface area contributed by atoms with Crippen LogP contribution in [0, 0.1) is 18.3 Å². The largest absolute Gasteiger partial charge is 0.380 e. The Morgan fingerprint density at radius 3 is 2.77 bits per heavy atom. The van der Waals surface area contributed by atoms with Crippen LogP contribution in [0.3, 0.4) is 0 Å². The maximum Gasteiger partial charge on any atom is 0.229 e. The quantitative estimate of drug-likeness (QED) is 0.687. The van der Waals surface area contributed by atoms with Crippen LogP contribution in [0.4, 0.5) is 5.82 Å². The number of carbonyl (C=O) groups is 1. The number of rotatable bonds is 5. The summed E-state index contributed by atoms with van der Waals surface area (Å²) in [4.78, 5) is 24.1. The molecule has 2 aromatic heterocycles. The van der Waals surface area contributed by atoms with Crippen molar-refractivity contribution in [1.29, 1.82) is 0 Å². The summed E-state index contributed by atoms with van der Waals surface area (Å²) < 4.78 is 7.44. The molecule has 5 rings (SSSR count). The van der Waals surface area contributed by atoms with Crippen LogP contribution in [0.15, 0.2) is 36.7 Å². The van der Waals surface area contributed by atoms with Gasteiger partial charge in [-0.1, -0.05) is 19.1 Å². The number of carbonyl (C=O) groups excluding carboxylic acids is 1. The van der Waals surface area contributed by atoms with Crippen LogP contribution in [-0.4, -0.2) is 58.2 Å². The van der Waals surface area contributed by atoms with Crippen LogP contribution in [0.25, 0.3) is 22.0 Å². The lowest BCUT2D eigenvalue weighted by molar-refractivity contribution is -0.120. The average molecular weight is 420 g/mol. The molecule has 31 heavy (non-hydrogen) atoms. The lowest BCUT2D eigenvalue weighted by atomic mass is 9.88. The van der Waals surface area contributed by atoms with E-state index in [1.165, 1.54) is 0 Å². The molecule has 0 radical (unpaired) electrons. The van der Waals surface area contributed by atoms with E-state index in [1.54, 1.807) is 0 Å². The Bertz CT molecular complexity index is 1130. The molecular formula is C24H29N5O2. The van der Waals surface area contributed by atoms with E-state index in [4.69, 9.17) is 4.74 Å². The molecule has 1 N–H and O–H groups in total. The molecule has 1 aromatic carbocycles. The van der Waals surface area contributed by atoms with Gasteiger partial charge in [-0.25, -0.2) is 9.97 Å². The van der Waals surface area contributed by atoms with Gasteiger partial charge in [0.05, 0.1) is 31.0 Å². The number of likely N-dealkylation sites (tertiary alicyclic amines) is 1. The SMILES string of the molecule is Cc1ncc(-c2ccc3cnc(NC(=O)C4CCN(CC5(C)COC5)C4)cc3c2)n1C. The average Bonchev–Trinajstić information content (AvgIpc) is 3.33. The van der Waals surface area contributed by atoms with Crippen LogP contribution in [0.5, 0.6) is 0 Å². The van der Waals surface area contributed by atoms with E-state index in [0.29, 0.717) is 5.82 Å². The summed E-state index contributed by atoms with van der Waals surface area (Å²) in [6.07, 6.45) is 4.60. The smallest absolute Gasteiger partial charge is 0.229 e. The molecule has 0 bridgehead atoms. The molecule has 3 aromatic rings. The Kier molecular flexibility index (Phi) is 5.02. The van der Waals surface area contributed by atoms with Crippen molar-refractivity contribution in [2.45, 2.75) is 20.3 Å². The first-order chi connectivity index (χ1) is 14.9. The van der Waals surface area contributed by atoms with Crippen molar-refractivity contribution in [2.75, 3.05) is 38.2 Å². The fourth-order valence-electron chi connectivity index (χ4n) is 4.64. The minimum Gasteiger partial charge on any atom is -0.380 e. The van der Waals surface area contributed by atoms with Gasteiger partial charge in [0, 0.05) is 42.7 Å². The van der Waals surface area contributed by atoms with Crippen molar-refractivity contribution in [1.82, 2.24) is 19.4 Å². The lowest BCUT2D eigenvalue weighted by Gasteiger charge is -2.40. The Morgan fingerprint density at radius 2 is 2.06 bits per heavy atom. The van der Waals surface area contributed by atoms with Crippen LogP contribution < -0.4 is 5.32 Å². The number of hydrogen-bond donors (Lipinski definition) is 1. The molecule has 0 saturated carbocycles. The van der Waals surface area contributed by atoms with Crippen molar-refractivity contribution in [2.24, 2.45) is 18.4 Å². The zero-order valence-corrected chi connectivity index (χ0v) is 18.4. The Balaban J connectivity index is 1.29. The molecule has 2 aliphatic rings. The number of ether oxygens (including phenoxy) is 1. The number of fused-ring (bicyclic) bond motifs is 1. The summed E-state index contributed by atoms with van der Waals surface area (Å²) in [5.74, 6) is 1.64. The van der Waals surface area contributed by atoms with Gasteiger partial charge in [0.1, 0.15) is 11.6 Å². The summed E-state index contributed by atoms with van der Waals surface area (Å²) in [6.45, 7) is 8.66. The fraction of sp³-hybridized carbons (Fsp3) is 0.458. The van der Waals surface area contributed by atoms with E-state index in [-0.39, 0.29) is 17.2 Å². The van der Waals surface area contributed by atoms with Gasteiger partial charge in [0.2, 0.25) is 5.91 Å². The Hall–Kier alpha value is -2.77. The molecule has 1 atom stereocenters. The van der Waals surface area contributed by atoms with Gasteiger partial charge in [-0.05, 0) is 37.4 Å². The second-order valence-electron chi connectivity index (χ2n) is 9.39. The highest BCUT2D eigenvalue weighted by atomic mass is 16.5. The number of pyridine rings is 1. The van der Waals surface area contributed by atoms with Crippen molar-refractivity contribution in [3.05, 3.63) is 42.5 Å². The van der Waals surface area contributed by atoms with Gasteiger partial charge < -0.3 is 19.5 Å². The molecular weight excluding hydrogens is 390 g/mol. The first kappa shape index (κ1) is 20.2. The number of anilines is 1. The molecule has 0 spiro atoms. The highest BCUT2D eigenvalue weighted by molar-refractivity contribution is 5.95. The zero-order chi connectivity index (χ0) is 21.6. The summed E-state index contributed by atoms with van der Waals surface area (Å²) in [6, 6.07) is 8.23. The van der Waals surface area contributed by atoms with Crippen LogP contribution in [0.1, 0.15) is 19.2 Å². The standard InChI is InChI=1S/C24H29N5O2/c1-16-25-11-21(28(16)3)17-4-5-18-10-26-22(9-20(18)8-17)27-23(30)19-6-7-29(12-19)13-24(2)14-31-15-24/h4-5,8-11,19H,6-7,12-15H2,1-3H3,(H,26,27,30). The van der Waals surface area contributed by atoms with Gasteiger partial charge in [0.15, 0.2) is 0 Å². The third-order valence-electron chi connectivity index (χ3n) is 6.64.